The Bertz CT molecular complexity index is 800. The third-order valence-electron chi connectivity index (χ3n) is 4.39. The fourth-order valence-electron chi connectivity index (χ4n) is 3.15. The van der Waals surface area contributed by atoms with Crippen molar-refractivity contribution in [1.29, 1.82) is 0 Å². The molecule has 1 fully saturated rings. The smallest absolute Gasteiger partial charge is 0.324 e. The molecule has 0 unspecified atom stereocenters. The van der Waals surface area contributed by atoms with Crippen molar-refractivity contribution in [3.8, 4) is 5.75 Å². The molecule has 6 nitrogen and oxygen atoms in total. The van der Waals surface area contributed by atoms with E-state index in [0.29, 0.717) is 18.1 Å². The van der Waals surface area contributed by atoms with Gasteiger partial charge >= 0.3 is 6.03 Å². The monoisotopic (exact) mass is 356 g/mol. The minimum absolute atomic E-state index is 0.0000845. The van der Waals surface area contributed by atoms with E-state index in [2.05, 4.69) is 5.32 Å². The summed E-state index contributed by atoms with van der Waals surface area (Å²) in [5.41, 5.74) is 0. The number of benzene rings is 2. The number of imide groups is 1. The average molecular weight is 356 g/mol. The third-order valence-corrected chi connectivity index (χ3v) is 4.39. The molecule has 0 bridgehead atoms. The fourth-order valence-corrected chi connectivity index (χ4v) is 3.15. The topological polar surface area (TPSA) is 78.9 Å². The number of rotatable bonds is 7. The van der Waals surface area contributed by atoms with Crippen LogP contribution in [-0.4, -0.2) is 47.2 Å². The zero-order chi connectivity index (χ0) is 18.7. The molecule has 2 aromatic rings. The van der Waals surface area contributed by atoms with E-state index in [1.54, 1.807) is 0 Å². The molecule has 3 rings (SSSR count). The molecular formula is C20H24N2O4. The van der Waals surface area contributed by atoms with E-state index < -0.39 is 18.2 Å². The highest BCUT2D eigenvalue weighted by Crippen LogP contribution is 2.25. The number of urea groups is 1. The summed E-state index contributed by atoms with van der Waals surface area (Å²) in [4.78, 5) is 25.4. The molecule has 1 heterocycles. The lowest BCUT2D eigenvalue weighted by molar-refractivity contribution is -0.128. The van der Waals surface area contributed by atoms with E-state index in [4.69, 9.17) is 4.74 Å². The zero-order valence-electron chi connectivity index (χ0n) is 15.0. The van der Waals surface area contributed by atoms with E-state index >= 15 is 0 Å². The van der Waals surface area contributed by atoms with Gasteiger partial charge in [0.15, 0.2) is 0 Å². The lowest BCUT2D eigenvalue weighted by atomic mass is 10.0. The van der Waals surface area contributed by atoms with Crippen LogP contribution in [0.1, 0.15) is 20.3 Å². The Balaban J connectivity index is 1.59. The van der Waals surface area contributed by atoms with Gasteiger partial charge in [-0.3, -0.25) is 9.69 Å². The number of aliphatic hydroxyl groups excluding tert-OH is 1. The summed E-state index contributed by atoms with van der Waals surface area (Å²) >= 11 is 0. The van der Waals surface area contributed by atoms with Crippen molar-refractivity contribution in [1.82, 2.24) is 10.2 Å². The van der Waals surface area contributed by atoms with Crippen molar-refractivity contribution in [3.63, 3.8) is 0 Å². The Morgan fingerprint density at radius 2 is 1.88 bits per heavy atom. The number of nitrogens with one attached hydrogen (secondary N) is 1. The molecule has 0 aliphatic carbocycles. The first-order chi connectivity index (χ1) is 12.5. The van der Waals surface area contributed by atoms with E-state index in [-0.39, 0.29) is 19.1 Å². The second-order valence-corrected chi connectivity index (χ2v) is 7.02. The highest BCUT2D eigenvalue weighted by Gasteiger charge is 2.38. The van der Waals surface area contributed by atoms with Crippen molar-refractivity contribution in [2.45, 2.75) is 32.4 Å². The largest absolute Gasteiger partial charge is 0.490 e. The van der Waals surface area contributed by atoms with Crippen LogP contribution in [0, 0.1) is 5.92 Å². The lowest BCUT2D eigenvalue weighted by Gasteiger charge is -2.19. The van der Waals surface area contributed by atoms with Gasteiger partial charge in [-0.25, -0.2) is 4.79 Å². The molecule has 0 saturated carbocycles. The van der Waals surface area contributed by atoms with Gasteiger partial charge in [0.25, 0.3) is 5.91 Å². The van der Waals surface area contributed by atoms with E-state index in [9.17, 15) is 14.7 Å². The molecule has 26 heavy (non-hydrogen) atoms. The quantitative estimate of drug-likeness (QED) is 0.747. The van der Waals surface area contributed by atoms with Crippen LogP contribution in [0.2, 0.25) is 0 Å². The molecule has 1 aliphatic heterocycles. The van der Waals surface area contributed by atoms with Crippen molar-refractivity contribution < 1.29 is 19.4 Å². The van der Waals surface area contributed by atoms with Gasteiger partial charge in [0, 0.05) is 5.39 Å². The summed E-state index contributed by atoms with van der Waals surface area (Å²) in [6.07, 6.45) is -0.370. The molecule has 1 saturated heterocycles. The van der Waals surface area contributed by atoms with Crippen LogP contribution in [0.5, 0.6) is 5.75 Å². The van der Waals surface area contributed by atoms with Gasteiger partial charge in [-0.15, -0.1) is 0 Å². The van der Waals surface area contributed by atoms with Crippen molar-refractivity contribution in [3.05, 3.63) is 42.5 Å². The van der Waals surface area contributed by atoms with Crippen LogP contribution in [-0.2, 0) is 4.79 Å². The van der Waals surface area contributed by atoms with E-state index in [0.717, 1.165) is 15.7 Å². The van der Waals surface area contributed by atoms with Crippen molar-refractivity contribution >= 4 is 22.7 Å². The zero-order valence-corrected chi connectivity index (χ0v) is 15.0. The number of carbonyl (C=O) groups excluding carboxylic acids is 2. The number of amides is 3. The highest BCUT2D eigenvalue weighted by molar-refractivity contribution is 6.04. The van der Waals surface area contributed by atoms with Crippen LogP contribution in [0.3, 0.4) is 0 Å². The lowest BCUT2D eigenvalue weighted by Crippen LogP contribution is -2.40. The van der Waals surface area contributed by atoms with E-state index in [1.807, 2.05) is 56.3 Å². The summed E-state index contributed by atoms with van der Waals surface area (Å²) in [5, 5.41) is 14.9. The number of aliphatic hydroxyl groups is 1. The first-order valence-corrected chi connectivity index (χ1v) is 8.86. The maximum absolute atomic E-state index is 12.3. The number of carbonyl (C=O) groups is 2. The minimum atomic E-state index is -0.957. The molecule has 6 heteroatoms. The van der Waals surface area contributed by atoms with Gasteiger partial charge in [0.2, 0.25) is 0 Å². The molecule has 138 valence electrons. The predicted octanol–water partition coefficient (Wildman–Crippen LogP) is 2.55. The summed E-state index contributed by atoms with van der Waals surface area (Å²) in [6, 6.07) is 12.6. The number of fused-ring (bicyclic) bond motifs is 1. The van der Waals surface area contributed by atoms with Gasteiger partial charge < -0.3 is 15.2 Å². The maximum atomic E-state index is 12.3. The molecular weight excluding hydrogens is 332 g/mol. The molecule has 0 radical (unpaired) electrons. The van der Waals surface area contributed by atoms with E-state index in [1.165, 1.54) is 0 Å². The Kier molecular flexibility index (Phi) is 5.42. The first-order valence-electron chi connectivity index (χ1n) is 8.86. The Morgan fingerprint density at radius 3 is 2.65 bits per heavy atom. The number of hydrogen-bond donors (Lipinski definition) is 2. The number of nitrogens with zero attached hydrogens (tertiary/aromatic N) is 1. The summed E-state index contributed by atoms with van der Waals surface area (Å²) in [7, 11) is 0. The SMILES string of the molecule is CC(C)C[C@@H]1NC(=O)N(C[C@H](O)COc2cccc3ccccc23)C1=O. The first kappa shape index (κ1) is 18.2. The Labute approximate surface area is 152 Å². The predicted molar refractivity (Wildman–Crippen MR) is 98.9 cm³/mol. The van der Waals surface area contributed by atoms with Crippen LogP contribution in [0.4, 0.5) is 4.79 Å². The standard InChI is InChI=1S/C20H24N2O4/c1-13(2)10-17-19(24)22(20(25)21-17)11-15(23)12-26-18-9-5-7-14-6-3-4-8-16(14)18/h3-9,13,15,17,23H,10-12H2,1-2H3,(H,21,25)/t15-,17-/m0/s1. The fraction of sp³-hybridized carbons (Fsp3) is 0.400. The third kappa shape index (κ3) is 3.96. The van der Waals surface area contributed by atoms with Gasteiger partial charge in [-0.1, -0.05) is 50.2 Å². The molecule has 3 amide bonds. The second kappa shape index (κ2) is 7.74. The van der Waals surface area contributed by atoms with Crippen LogP contribution in [0.25, 0.3) is 10.8 Å². The molecule has 0 aromatic heterocycles. The molecule has 1 aliphatic rings. The van der Waals surface area contributed by atoms with Gasteiger partial charge in [0.1, 0.15) is 24.5 Å². The Morgan fingerprint density at radius 1 is 1.15 bits per heavy atom. The summed E-state index contributed by atoms with van der Waals surface area (Å²) < 4.78 is 5.73. The van der Waals surface area contributed by atoms with Crippen LogP contribution in [0.15, 0.2) is 42.5 Å². The second-order valence-electron chi connectivity index (χ2n) is 7.02. The molecule has 0 spiro atoms. The van der Waals surface area contributed by atoms with Crippen molar-refractivity contribution in [2.75, 3.05) is 13.2 Å². The number of β-amino-alcohol motifs (C(OH)–C–C–N with tert-alkyl or cyclic N) is 1. The average Bonchev–Trinajstić information content (AvgIpc) is 2.86. The minimum Gasteiger partial charge on any atom is -0.490 e. The van der Waals surface area contributed by atoms with Crippen molar-refractivity contribution in [2.24, 2.45) is 5.92 Å². The molecule has 2 N–H and O–H groups in total. The number of hydrogen-bond acceptors (Lipinski definition) is 4. The molecule has 2 aromatic carbocycles. The van der Waals surface area contributed by atoms with Gasteiger partial charge in [-0.2, -0.15) is 0 Å². The Hall–Kier alpha value is -2.60. The van der Waals surface area contributed by atoms with Gasteiger partial charge in [-0.05, 0) is 23.8 Å². The highest BCUT2D eigenvalue weighted by atomic mass is 16.5. The maximum Gasteiger partial charge on any atom is 0.324 e. The number of ether oxygens (including phenoxy) is 1. The summed E-state index contributed by atoms with van der Waals surface area (Å²) in [6.45, 7) is 3.91. The molecule has 2 atom stereocenters. The van der Waals surface area contributed by atoms with Crippen LogP contribution < -0.4 is 10.1 Å². The van der Waals surface area contributed by atoms with Gasteiger partial charge in [0.05, 0.1) is 6.54 Å². The normalized spacial score (nSPS) is 18.5. The summed E-state index contributed by atoms with van der Waals surface area (Å²) in [5.74, 6) is 0.675. The van der Waals surface area contributed by atoms with Crippen LogP contribution >= 0.6 is 0 Å².